The van der Waals surface area contributed by atoms with Crippen LogP contribution < -0.4 is 10.9 Å². The molecule has 0 saturated carbocycles. The number of rotatable bonds is 4. The molecular weight excluding hydrogens is 400 g/mol. The Balaban J connectivity index is 1.71. The van der Waals surface area contributed by atoms with E-state index in [1.165, 1.54) is 10.9 Å². The third-order valence-electron chi connectivity index (χ3n) is 5.28. The van der Waals surface area contributed by atoms with E-state index in [0.29, 0.717) is 21.7 Å². The number of hydrogen-bond donors (Lipinski definition) is 1. The smallest absolute Gasteiger partial charge is 0.263 e. The molecule has 2 aromatic heterocycles. The number of hydrogen-bond acceptors (Lipinski definition) is 3. The van der Waals surface area contributed by atoms with Crippen LogP contribution in [0.4, 0.5) is 5.69 Å². The van der Waals surface area contributed by atoms with E-state index in [-0.39, 0.29) is 18.0 Å². The molecule has 1 amide bonds. The molecule has 0 bridgehead atoms. The SMILES string of the molecule is Cc1ccc(Cl)cc1NC(=O)Cn1cnc2c(c(C)c(C)n2-c2ccccc2)c1=O. The Bertz CT molecular complexity index is 1320. The number of benzene rings is 2. The molecule has 2 heterocycles. The molecule has 1 N–H and O–H groups in total. The van der Waals surface area contributed by atoms with Crippen molar-refractivity contribution in [1.29, 1.82) is 0 Å². The van der Waals surface area contributed by atoms with Crippen LogP contribution in [0.2, 0.25) is 5.02 Å². The molecule has 2 aromatic carbocycles. The fraction of sp³-hybridized carbons (Fsp3) is 0.174. The first-order valence-corrected chi connectivity index (χ1v) is 9.93. The van der Waals surface area contributed by atoms with Crippen LogP contribution in [0.5, 0.6) is 0 Å². The van der Waals surface area contributed by atoms with Crippen LogP contribution in [0.1, 0.15) is 16.8 Å². The van der Waals surface area contributed by atoms with Gasteiger partial charge in [0.1, 0.15) is 12.9 Å². The van der Waals surface area contributed by atoms with Gasteiger partial charge >= 0.3 is 0 Å². The number of nitrogens with zero attached hydrogens (tertiary/aromatic N) is 3. The maximum Gasteiger partial charge on any atom is 0.263 e. The van der Waals surface area contributed by atoms with E-state index in [4.69, 9.17) is 11.6 Å². The van der Waals surface area contributed by atoms with Crippen LogP contribution in [0, 0.1) is 20.8 Å². The van der Waals surface area contributed by atoms with Gasteiger partial charge in [0.2, 0.25) is 5.91 Å². The Morgan fingerprint density at radius 2 is 1.83 bits per heavy atom. The topological polar surface area (TPSA) is 68.9 Å². The second-order valence-electron chi connectivity index (χ2n) is 7.27. The van der Waals surface area contributed by atoms with E-state index >= 15 is 0 Å². The second kappa shape index (κ2) is 7.80. The molecule has 0 atom stereocenters. The number of para-hydroxylation sites is 1. The predicted molar refractivity (Wildman–Crippen MR) is 120 cm³/mol. The van der Waals surface area contributed by atoms with E-state index in [2.05, 4.69) is 10.3 Å². The highest BCUT2D eigenvalue weighted by Crippen LogP contribution is 2.25. The summed E-state index contributed by atoms with van der Waals surface area (Å²) in [5, 5.41) is 3.87. The van der Waals surface area contributed by atoms with Gasteiger partial charge < -0.3 is 5.32 Å². The molecule has 0 spiro atoms. The first kappa shape index (κ1) is 19.9. The first-order chi connectivity index (χ1) is 14.4. The minimum atomic E-state index is -0.319. The lowest BCUT2D eigenvalue weighted by atomic mass is 10.2. The summed E-state index contributed by atoms with van der Waals surface area (Å²) in [5.41, 5.74) is 4.59. The minimum Gasteiger partial charge on any atom is -0.324 e. The number of aromatic nitrogens is 3. The minimum absolute atomic E-state index is 0.136. The molecule has 6 nitrogen and oxygen atoms in total. The van der Waals surface area contributed by atoms with Crippen LogP contribution in [0.3, 0.4) is 0 Å². The molecule has 0 fully saturated rings. The number of anilines is 1. The Morgan fingerprint density at radius 3 is 2.57 bits per heavy atom. The van der Waals surface area contributed by atoms with Crippen LogP contribution >= 0.6 is 11.6 Å². The number of nitrogens with one attached hydrogen (secondary N) is 1. The summed E-state index contributed by atoms with van der Waals surface area (Å²) in [6.45, 7) is 5.61. The summed E-state index contributed by atoms with van der Waals surface area (Å²) >= 11 is 6.02. The van der Waals surface area contributed by atoms with Crippen molar-refractivity contribution in [2.24, 2.45) is 0 Å². The van der Waals surface area contributed by atoms with Crippen molar-refractivity contribution in [2.75, 3.05) is 5.32 Å². The molecule has 0 aliphatic heterocycles. The van der Waals surface area contributed by atoms with Crippen LogP contribution in [-0.4, -0.2) is 20.0 Å². The maximum absolute atomic E-state index is 13.2. The van der Waals surface area contributed by atoms with Gasteiger partial charge in [-0.2, -0.15) is 0 Å². The van der Waals surface area contributed by atoms with Crippen LogP contribution in [-0.2, 0) is 11.3 Å². The molecule has 4 aromatic rings. The van der Waals surface area contributed by atoms with Gasteiger partial charge in [-0.3, -0.25) is 18.7 Å². The summed E-state index contributed by atoms with van der Waals surface area (Å²) in [7, 11) is 0. The molecule has 0 aliphatic rings. The van der Waals surface area contributed by atoms with E-state index in [1.54, 1.807) is 12.1 Å². The van der Waals surface area contributed by atoms with Crippen LogP contribution in [0.25, 0.3) is 16.7 Å². The number of aryl methyl sites for hydroxylation is 2. The largest absolute Gasteiger partial charge is 0.324 e. The van der Waals surface area contributed by atoms with E-state index < -0.39 is 0 Å². The lowest BCUT2D eigenvalue weighted by Crippen LogP contribution is -2.28. The molecule has 0 unspecified atom stereocenters. The fourth-order valence-electron chi connectivity index (χ4n) is 3.56. The fourth-order valence-corrected chi connectivity index (χ4v) is 3.74. The average Bonchev–Trinajstić information content (AvgIpc) is 2.98. The summed E-state index contributed by atoms with van der Waals surface area (Å²) in [6, 6.07) is 15.1. The number of fused-ring (bicyclic) bond motifs is 1. The van der Waals surface area contributed by atoms with Gasteiger partial charge in [-0.25, -0.2) is 4.98 Å². The number of carbonyl (C=O) groups is 1. The molecular formula is C23H21ClN4O2. The zero-order valence-electron chi connectivity index (χ0n) is 16.9. The molecule has 0 aliphatic carbocycles. The molecule has 0 saturated heterocycles. The van der Waals surface area contributed by atoms with E-state index in [0.717, 1.165) is 22.5 Å². The van der Waals surface area contributed by atoms with Gasteiger partial charge in [0.15, 0.2) is 5.65 Å². The van der Waals surface area contributed by atoms with Crippen molar-refractivity contribution in [3.05, 3.63) is 87.1 Å². The number of amides is 1. The van der Waals surface area contributed by atoms with Gasteiger partial charge in [-0.05, 0) is 56.2 Å². The first-order valence-electron chi connectivity index (χ1n) is 9.55. The van der Waals surface area contributed by atoms with Gasteiger partial charge in [0, 0.05) is 22.1 Å². The Labute approximate surface area is 178 Å². The van der Waals surface area contributed by atoms with Crippen molar-refractivity contribution in [3.8, 4) is 5.69 Å². The van der Waals surface area contributed by atoms with Crippen molar-refractivity contribution in [2.45, 2.75) is 27.3 Å². The Morgan fingerprint density at radius 1 is 1.10 bits per heavy atom. The third kappa shape index (κ3) is 3.50. The summed E-state index contributed by atoms with van der Waals surface area (Å²) < 4.78 is 3.30. The summed E-state index contributed by atoms with van der Waals surface area (Å²) in [5.74, 6) is -0.319. The molecule has 4 rings (SSSR count). The average molecular weight is 421 g/mol. The highest BCUT2D eigenvalue weighted by molar-refractivity contribution is 6.31. The second-order valence-corrected chi connectivity index (χ2v) is 7.70. The molecule has 7 heteroatoms. The van der Waals surface area contributed by atoms with E-state index in [9.17, 15) is 9.59 Å². The van der Waals surface area contributed by atoms with Crippen molar-refractivity contribution in [3.63, 3.8) is 0 Å². The maximum atomic E-state index is 13.2. The molecule has 0 radical (unpaired) electrons. The summed E-state index contributed by atoms with van der Waals surface area (Å²) in [6.07, 6.45) is 1.42. The predicted octanol–water partition coefficient (Wildman–Crippen LogP) is 4.40. The summed E-state index contributed by atoms with van der Waals surface area (Å²) in [4.78, 5) is 30.2. The molecule has 30 heavy (non-hydrogen) atoms. The lowest BCUT2D eigenvalue weighted by Gasteiger charge is -2.10. The van der Waals surface area contributed by atoms with Crippen molar-refractivity contribution >= 4 is 34.2 Å². The number of carbonyl (C=O) groups excluding carboxylic acids is 1. The highest BCUT2D eigenvalue weighted by Gasteiger charge is 2.18. The lowest BCUT2D eigenvalue weighted by molar-refractivity contribution is -0.116. The standard InChI is InChI=1S/C23H21ClN4O2/c1-14-9-10-17(24)11-19(14)26-20(29)12-27-13-25-22-21(23(27)30)15(2)16(3)28(22)18-7-5-4-6-8-18/h4-11,13H,12H2,1-3H3,(H,26,29). The van der Waals surface area contributed by atoms with Crippen molar-refractivity contribution < 1.29 is 4.79 Å². The highest BCUT2D eigenvalue weighted by atomic mass is 35.5. The molecule has 152 valence electrons. The van der Waals surface area contributed by atoms with E-state index in [1.807, 2.05) is 61.7 Å². The quantitative estimate of drug-likeness (QED) is 0.531. The Kier molecular flexibility index (Phi) is 5.18. The van der Waals surface area contributed by atoms with Crippen LogP contribution in [0.15, 0.2) is 59.7 Å². The van der Waals surface area contributed by atoms with Gasteiger partial charge in [0.25, 0.3) is 5.56 Å². The zero-order valence-corrected chi connectivity index (χ0v) is 17.7. The Hall–Kier alpha value is -3.38. The van der Waals surface area contributed by atoms with Gasteiger partial charge in [-0.1, -0.05) is 35.9 Å². The third-order valence-corrected chi connectivity index (χ3v) is 5.52. The monoisotopic (exact) mass is 420 g/mol. The van der Waals surface area contributed by atoms with Crippen molar-refractivity contribution in [1.82, 2.24) is 14.1 Å². The van der Waals surface area contributed by atoms with Gasteiger partial charge in [-0.15, -0.1) is 0 Å². The van der Waals surface area contributed by atoms with Gasteiger partial charge in [0.05, 0.1) is 5.39 Å². The normalized spacial score (nSPS) is 11.1. The number of halogens is 1. The zero-order chi connectivity index (χ0) is 21.4.